The van der Waals surface area contributed by atoms with Crippen LogP contribution < -0.4 is 0 Å². The lowest BCUT2D eigenvalue weighted by molar-refractivity contribution is 0.101. The third-order valence-corrected chi connectivity index (χ3v) is 5.52. The minimum Gasteiger partial charge on any atom is -0.361 e. The molecule has 2 aromatic heterocycles. The van der Waals surface area contributed by atoms with E-state index in [-0.39, 0.29) is 11.7 Å². The van der Waals surface area contributed by atoms with Gasteiger partial charge >= 0.3 is 0 Å². The van der Waals surface area contributed by atoms with Gasteiger partial charge in [0.25, 0.3) is 0 Å². The van der Waals surface area contributed by atoms with Crippen molar-refractivity contribution in [2.75, 3.05) is 0 Å². The molecule has 3 nitrogen and oxygen atoms in total. The SMILES string of the molecule is CCc1c(C)[nH]c(C(c2ccccc2)c2[nH]c(C)c(C(C)=O)c2C)c1C. The van der Waals surface area contributed by atoms with E-state index in [1.54, 1.807) is 6.92 Å². The molecule has 0 spiro atoms. The fourth-order valence-corrected chi connectivity index (χ4v) is 4.35. The first-order valence-corrected chi connectivity index (χ1v) is 9.29. The van der Waals surface area contributed by atoms with Crippen LogP contribution in [0.5, 0.6) is 0 Å². The fourth-order valence-electron chi connectivity index (χ4n) is 4.35. The van der Waals surface area contributed by atoms with Crippen molar-refractivity contribution in [1.29, 1.82) is 0 Å². The molecule has 1 aromatic carbocycles. The van der Waals surface area contributed by atoms with E-state index in [0.29, 0.717) is 0 Å². The lowest BCUT2D eigenvalue weighted by Gasteiger charge is -2.18. The molecule has 136 valence electrons. The molecule has 0 bridgehead atoms. The van der Waals surface area contributed by atoms with Gasteiger partial charge in [0.1, 0.15) is 0 Å². The van der Waals surface area contributed by atoms with Gasteiger partial charge in [-0.05, 0) is 63.3 Å². The predicted octanol–water partition coefficient (Wildman–Crippen LogP) is 5.52. The molecule has 2 N–H and O–H groups in total. The van der Waals surface area contributed by atoms with Crippen LogP contribution in [0, 0.1) is 27.7 Å². The highest BCUT2D eigenvalue weighted by Gasteiger charge is 2.27. The van der Waals surface area contributed by atoms with Crippen LogP contribution in [-0.4, -0.2) is 15.8 Å². The number of carbonyl (C=O) groups is 1. The second-order valence-electron chi connectivity index (χ2n) is 7.18. The number of aromatic amines is 2. The number of rotatable bonds is 5. The molecule has 3 aromatic rings. The van der Waals surface area contributed by atoms with E-state index in [0.717, 1.165) is 28.9 Å². The highest BCUT2D eigenvalue weighted by atomic mass is 16.1. The van der Waals surface area contributed by atoms with Gasteiger partial charge in [0.2, 0.25) is 0 Å². The van der Waals surface area contributed by atoms with Gasteiger partial charge in [-0.1, -0.05) is 37.3 Å². The topological polar surface area (TPSA) is 48.6 Å². The van der Waals surface area contributed by atoms with Gasteiger partial charge in [0.05, 0.1) is 5.92 Å². The van der Waals surface area contributed by atoms with Crippen LogP contribution in [0.15, 0.2) is 30.3 Å². The molecule has 0 aliphatic heterocycles. The van der Waals surface area contributed by atoms with E-state index in [1.807, 2.05) is 13.0 Å². The van der Waals surface area contributed by atoms with Crippen molar-refractivity contribution >= 4 is 5.78 Å². The average molecular weight is 348 g/mol. The van der Waals surface area contributed by atoms with Crippen molar-refractivity contribution in [3.8, 4) is 0 Å². The first-order valence-electron chi connectivity index (χ1n) is 9.29. The minimum absolute atomic E-state index is 0.0574. The summed E-state index contributed by atoms with van der Waals surface area (Å²) in [7, 11) is 0. The van der Waals surface area contributed by atoms with Crippen LogP contribution in [0.3, 0.4) is 0 Å². The summed E-state index contributed by atoms with van der Waals surface area (Å²) in [5.41, 5.74) is 10.3. The molecule has 3 heteroatoms. The average Bonchev–Trinajstić information content (AvgIpc) is 3.05. The second-order valence-corrected chi connectivity index (χ2v) is 7.18. The molecule has 1 atom stereocenters. The molecule has 0 amide bonds. The van der Waals surface area contributed by atoms with Gasteiger partial charge in [-0.25, -0.2) is 0 Å². The van der Waals surface area contributed by atoms with Crippen LogP contribution in [0.1, 0.15) is 75.2 Å². The van der Waals surface area contributed by atoms with Crippen LogP contribution in [0.25, 0.3) is 0 Å². The summed E-state index contributed by atoms with van der Waals surface area (Å²) in [6.07, 6.45) is 1.01. The number of Topliss-reactive ketones (excluding diaryl/α,β-unsaturated/α-hetero) is 1. The Kier molecular flexibility index (Phi) is 4.90. The smallest absolute Gasteiger partial charge is 0.161 e. The number of aryl methyl sites for hydroxylation is 2. The molecule has 0 aliphatic carbocycles. The third kappa shape index (κ3) is 2.92. The van der Waals surface area contributed by atoms with Gasteiger partial charge in [-0.15, -0.1) is 0 Å². The maximum absolute atomic E-state index is 12.1. The number of aromatic nitrogens is 2. The standard InChI is InChI=1S/C23H28N2O/c1-7-19-13(2)22(24-15(19)4)21(18-11-9-8-10-12-18)23-14(3)20(17(6)26)16(5)25-23/h8-12,21,24-25H,7H2,1-6H3. The Morgan fingerprint density at radius 1 is 0.923 bits per heavy atom. The molecule has 0 saturated heterocycles. The largest absolute Gasteiger partial charge is 0.361 e. The monoisotopic (exact) mass is 348 g/mol. The summed E-state index contributed by atoms with van der Waals surface area (Å²) in [4.78, 5) is 19.3. The Morgan fingerprint density at radius 3 is 2.00 bits per heavy atom. The van der Waals surface area contributed by atoms with E-state index in [9.17, 15) is 4.79 Å². The fraction of sp³-hybridized carbons (Fsp3) is 0.348. The maximum atomic E-state index is 12.1. The number of carbonyl (C=O) groups excluding carboxylic acids is 1. The van der Waals surface area contributed by atoms with Crippen molar-refractivity contribution in [3.05, 3.63) is 80.9 Å². The highest BCUT2D eigenvalue weighted by molar-refractivity contribution is 5.97. The number of benzene rings is 1. The molecule has 0 saturated carbocycles. The lowest BCUT2D eigenvalue weighted by atomic mass is 9.87. The minimum atomic E-state index is 0.0574. The quantitative estimate of drug-likeness (QED) is 0.586. The molecule has 1 unspecified atom stereocenters. The number of hydrogen-bond donors (Lipinski definition) is 2. The second kappa shape index (κ2) is 6.99. The number of nitrogens with one attached hydrogen (secondary N) is 2. The van der Waals surface area contributed by atoms with Crippen molar-refractivity contribution in [3.63, 3.8) is 0 Å². The first-order chi connectivity index (χ1) is 12.4. The Morgan fingerprint density at radius 2 is 1.50 bits per heavy atom. The number of hydrogen-bond acceptors (Lipinski definition) is 1. The number of H-pyrrole nitrogens is 2. The van der Waals surface area contributed by atoms with Gasteiger partial charge in [0.15, 0.2) is 5.78 Å². The Hall–Kier alpha value is -2.55. The van der Waals surface area contributed by atoms with Crippen LogP contribution >= 0.6 is 0 Å². The van der Waals surface area contributed by atoms with E-state index in [1.165, 1.54) is 28.1 Å². The van der Waals surface area contributed by atoms with Crippen LogP contribution in [0.2, 0.25) is 0 Å². The Balaban J connectivity index is 2.28. The summed E-state index contributed by atoms with van der Waals surface area (Å²) in [5.74, 6) is 0.171. The lowest BCUT2D eigenvalue weighted by Crippen LogP contribution is -2.08. The van der Waals surface area contributed by atoms with Gasteiger partial charge in [-0.3, -0.25) is 4.79 Å². The Bertz CT molecular complexity index is 944. The molecular formula is C23H28N2O. The molecule has 2 heterocycles. The molecule has 0 fully saturated rings. The van der Waals surface area contributed by atoms with Crippen molar-refractivity contribution in [2.45, 2.75) is 53.9 Å². The van der Waals surface area contributed by atoms with Crippen molar-refractivity contribution < 1.29 is 4.79 Å². The van der Waals surface area contributed by atoms with E-state index in [2.05, 4.69) is 61.9 Å². The van der Waals surface area contributed by atoms with Crippen LogP contribution in [-0.2, 0) is 6.42 Å². The van der Waals surface area contributed by atoms with Gasteiger partial charge < -0.3 is 9.97 Å². The zero-order valence-electron chi connectivity index (χ0n) is 16.6. The van der Waals surface area contributed by atoms with E-state index >= 15 is 0 Å². The van der Waals surface area contributed by atoms with Gasteiger partial charge in [-0.2, -0.15) is 0 Å². The number of ketones is 1. The molecule has 0 radical (unpaired) electrons. The normalized spacial score (nSPS) is 12.4. The van der Waals surface area contributed by atoms with Crippen molar-refractivity contribution in [2.24, 2.45) is 0 Å². The first kappa shape index (κ1) is 18.2. The van der Waals surface area contributed by atoms with E-state index in [4.69, 9.17) is 0 Å². The zero-order valence-corrected chi connectivity index (χ0v) is 16.6. The summed E-state index contributed by atoms with van der Waals surface area (Å²) in [6.45, 7) is 12.2. The summed E-state index contributed by atoms with van der Waals surface area (Å²) >= 11 is 0. The van der Waals surface area contributed by atoms with Gasteiger partial charge in [0, 0.05) is 28.3 Å². The molecule has 3 rings (SSSR count). The molecule has 0 aliphatic rings. The van der Waals surface area contributed by atoms with Crippen molar-refractivity contribution in [1.82, 2.24) is 9.97 Å². The molecular weight excluding hydrogens is 320 g/mol. The Labute approximate surface area is 155 Å². The summed E-state index contributed by atoms with van der Waals surface area (Å²) in [5, 5.41) is 0. The molecule has 26 heavy (non-hydrogen) atoms. The highest BCUT2D eigenvalue weighted by Crippen LogP contribution is 2.37. The third-order valence-electron chi connectivity index (χ3n) is 5.52. The summed E-state index contributed by atoms with van der Waals surface area (Å²) in [6, 6.07) is 10.5. The summed E-state index contributed by atoms with van der Waals surface area (Å²) < 4.78 is 0. The van der Waals surface area contributed by atoms with Crippen LogP contribution in [0.4, 0.5) is 0 Å². The maximum Gasteiger partial charge on any atom is 0.161 e. The van der Waals surface area contributed by atoms with E-state index < -0.39 is 0 Å². The zero-order chi connectivity index (χ0) is 19.0. The predicted molar refractivity (Wildman–Crippen MR) is 107 cm³/mol.